The lowest BCUT2D eigenvalue weighted by Crippen LogP contribution is -2.16. The molecule has 14 heavy (non-hydrogen) atoms. The van der Waals surface area contributed by atoms with Crippen molar-refractivity contribution in [2.45, 2.75) is 24.6 Å². The molecule has 4 heteroatoms. The molecule has 0 bridgehead atoms. The maximum atomic E-state index is 5.67. The zero-order chi connectivity index (χ0) is 9.80. The number of halogens is 1. The Kier molecular flexibility index (Phi) is 3.32. The number of ether oxygens (including phenoxy) is 1. The third-order valence-corrected chi connectivity index (χ3v) is 2.77. The Hall–Kier alpha value is -0.670. The molecule has 0 aliphatic carbocycles. The zero-order valence-corrected chi connectivity index (χ0v) is 8.70. The normalized spacial score (nSPS) is 18.4. The van der Waals surface area contributed by atoms with Gasteiger partial charge in [-0.1, -0.05) is 0 Å². The van der Waals surface area contributed by atoms with E-state index in [1.54, 1.807) is 0 Å². The van der Waals surface area contributed by atoms with Crippen LogP contribution in [-0.2, 0) is 10.6 Å². The average Bonchev–Trinajstić information content (AvgIpc) is 2.30. The van der Waals surface area contributed by atoms with Gasteiger partial charge < -0.3 is 4.74 Å². The molecule has 0 unspecified atom stereocenters. The van der Waals surface area contributed by atoms with Gasteiger partial charge in [-0.15, -0.1) is 11.6 Å². The molecule has 1 aromatic heterocycles. The van der Waals surface area contributed by atoms with Gasteiger partial charge in [0, 0.05) is 37.1 Å². The summed E-state index contributed by atoms with van der Waals surface area (Å²) >= 11 is 5.67. The fourth-order valence-corrected chi connectivity index (χ4v) is 1.74. The molecule has 0 radical (unpaired) electrons. The predicted molar refractivity (Wildman–Crippen MR) is 54.4 cm³/mol. The van der Waals surface area contributed by atoms with E-state index in [9.17, 15) is 0 Å². The van der Waals surface area contributed by atoms with Crippen LogP contribution in [0.5, 0.6) is 0 Å². The second-order valence-corrected chi connectivity index (χ2v) is 3.74. The van der Waals surface area contributed by atoms with Gasteiger partial charge >= 0.3 is 0 Å². The Labute approximate surface area is 88.5 Å². The monoisotopic (exact) mass is 212 g/mol. The Morgan fingerprint density at radius 2 is 1.93 bits per heavy atom. The Morgan fingerprint density at radius 1 is 1.29 bits per heavy atom. The minimum atomic E-state index is 0.466. The Bertz CT molecular complexity index is 283. The molecular weight excluding hydrogens is 200 g/mol. The van der Waals surface area contributed by atoms with E-state index in [4.69, 9.17) is 16.3 Å². The highest BCUT2D eigenvalue weighted by molar-refractivity contribution is 6.17. The second kappa shape index (κ2) is 4.71. The Morgan fingerprint density at radius 3 is 2.50 bits per heavy atom. The second-order valence-electron chi connectivity index (χ2n) is 3.47. The zero-order valence-electron chi connectivity index (χ0n) is 7.95. The van der Waals surface area contributed by atoms with Crippen molar-refractivity contribution >= 4 is 11.6 Å². The standard InChI is InChI=1S/C10H13ClN2O/c11-5-8-6-12-10(13-7-8)9-1-3-14-4-2-9/h6-7,9H,1-5H2. The molecule has 2 heterocycles. The summed E-state index contributed by atoms with van der Waals surface area (Å²) in [7, 11) is 0. The van der Waals surface area contributed by atoms with Crippen molar-refractivity contribution in [1.82, 2.24) is 9.97 Å². The lowest BCUT2D eigenvalue weighted by Gasteiger charge is -2.20. The SMILES string of the molecule is ClCc1cnc(C2CCOCC2)nc1. The number of aromatic nitrogens is 2. The van der Waals surface area contributed by atoms with E-state index < -0.39 is 0 Å². The van der Waals surface area contributed by atoms with E-state index in [0.29, 0.717) is 11.8 Å². The molecule has 1 aliphatic rings. The van der Waals surface area contributed by atoms with Crippen molar-refractivity contribution in [2.24, 2.45) is 0 Å². The van der Waals surface area contributed by atoms with Crippen molar-refractivity contribution in [3.8, 4) is 0 Å². The summed E-state index contributed by atoms with van der Waals surface area (Å²) in [5, 5.41) is 0. The minimum Gasteiger partial charge on any atom is -0.381 e. The van der Waals surface area contributed by atoms with Crippen molar-refractivity contribution in [3.63, 3.8) is 0 Å². The number of alkyl halides is 1. The first kappa shape index (κ1) is 9.87. The molecule has 1 aliphatic heterocycles. The summed E-state index contributed by atoms with van der Waals surface area (Å²) < 4.78 is 5.29. The minimum absolute atomic E-state index is 0.466. The van der Waals surface area contributed by atoms with Crippen LogP contribution in [0, 0.1) is 0 Å². The van der Waals surface area contributed by atoms with Gasteiger partial charge in [-0.3, -0.25) is 0 Å². The maximum Gasteiger partial charge on any atom is 0.131 e. The summed E-state index contributed by atoms with van der Waals surface area (Å²) in [5.74, 6) is 1.88. The predicted octanol–water partition coefficient (Wildman–Crippen LogP) is 2.11. The van der Waals surface area contributed by atoms with Crippen LogP contribution in [0.25, 0.3) is 0 Å². The summed E-state index contributed by atoms with van der Waals surface area (Å²) in [6.45, 7) is 1.65. The van der Waals surface area contributed by atoms with Crippen LogP contribution in [0.3, 0.4) is 0 Å². The highest BCUT2D eigenvalue weighted by Crippen LogP contribution is 2.23. The van der Waals surface area contributed by atoms with Gasteiger partial charge in [0.05, 0.1) is 5.88 Å². The van der Waals surface area contributed by atoms with Crippen molar-refractivity contribution < 1.29 is 4.74 Å². The fourth-order valence-electron chi connectivity index (χ4n) is 1.60. The topological polar surface area (TPSA) is 35.0 Å². The van der Waals surface area contributed by atoms with Crippen LogP contribution >= 0.6 is 11.6 Å². The van der Waals surface area contributed by atoms with E-state index in [1.165, 1.54) is 0 Å². The molecule has 0 spiro atoms. The number of nitrogens with zero attached hydrogens (tertiary/aromatic N) is 2. The van der Waals surface area contributed by atoms with Gasteiger partial charge in [-0.05, 0) is 12.8 Å². The molecule has 76 valence electrons. The van der Waals surface area contributed by atoms with E-state index in [2.05, 4.69) is 9.97 Å². The molecular formula is C10H13ClN2O. The van der Waals surface area contributed by atoms with Gasteiger partial charge in [0.2, 0.25) is 0 Å². The first-order valence-electron chi connectivity index (χ1n) is 4.84. The maximum absolute atomic E-state index is 5.67. The molecule has 1 aromatic rings. The molecule has 0 amide bonds. The molecule has 0 N–H and O–H groups in total. The fraction of sp³-hybridized carbons (Fsp3) is 0.600. The summed E-state index contributed by atoms with van der Waals surface area (Å²) in [6, 6.07) is 0. The number of hydrogen-bond acceptors (Lipinski definition) is 3. The van der Waals surface area contributed by atoms with Crippen molar-refractivity contribution in [2.75, 3.05) is 13.2 Å². The van der Waals surface area contributed by atoms with Crippen LogP contribution in [-0.4, -0.2) is 23.2 Å². The van der Waals surface area contributed by atoms with E-state index >= 15 is 0 Å². The molecule has 2 rings (SSSR count). The molecule has 1 fully saturated rings. The Balaban J connectivity index is 2.07. The summed E-state index contributed by atoms with van der Waals surface area (Å²) in [5.41, 5.74) is 0.975. The molecule has 0 atom stereocenters. The lowest BCUT2D eigenvalue weighted by atomic mass is 9.99. The lowest BCUT2D eigenvalue weighted by molar-refractivity contribution is 0.0835. The van der Waals surface area contributed by atoms with Gasteiger partial charge in [0.15, 0.2) is 0 Å². The van der Waals surface area contributed by atoms with Gasteiger partial charge in [-0.2, -0.15) is 0 Å². The van der Waals surface area contributed by atoms with Crippen LogP contribution in [0.1, 0.15) is 30.1 Å². The van der Waals surface area contributed by atoms with E-state index in [1.807, 2.05) is 12.4 Å². The molecule has 1 saturated heterocycles. The van der Waals surface area contributed by atoms with E-state index in [-0.39, 0.29) is 0 Å². The smallest absolute Gasteiger partial charge is 0.131 e. The third-order valence-electron chi connectivity index (χ3n) is 2.47. The highest BCUT2D eigenvalue weighted by atomic mass is 35.5. The largest absolute Gasteiger partial charge is 0.381 e. The van der Waals surface area contributed by atoms with Crippen LogP contribution in [0.15, 0.2) is 12.4 Å². The number of hydrogen-bond donors (Lipinski definition) is 0. The van der Waals surface area contributed by atoms with Crippen LogP contribution in [0.4, 0.5) is 0 Å². The summed E-state index contributed by atoms with van der Waals surface area (Å²) in [4.78, 5) is 8.64. The van der Waals surface area contributed by atoms with Crippen LogP contribution in [0.2, 0.25) is 0 Å². The molecule has 3 nitrogen and oxygen atoms in total. The van der Waals surface area contributed by atoms with Gasteiger partial charge in [0.1, 0.15) is 5.82 Å². The third kappa shape index (κ3) is 2.22. The first-order valence-corrected chi connectivity index (χ1v) is 5.38. The van der Waals surface area contributed by atoms with Crippen molar-refractivity contribution in [3.05, 3.63) is 23.8 Å². The summed E-state index contributed by atoms with van der Waals surface area (Å²) in [6.07, 6.45) is 5.68. The first-order chi connectivity index (χ1) is 6.90. The quantitative estimate of drug-likeness (QED) is 0.705. The number of rotatable bonds is 2. The van der Waals surface area contributed by atoms with Crippen LogP contribution < -0.4 is 0 Å². The molecule has 0 aromatic carbocycles. The van der Waals surface area contributed by atoms with Gasteiger partial charge in [-0.25, -0.2) is 9.97 Å². The average molecular weight is 213 g/mol. The van der Waals surface area contributed by atoms with Crippen molar-refractivity contribution in [1.29, 1.82) is 0 Å². The van der Waals surface area contributed by atoms with E-state index in [0.717, 1.165) is 37.4 Å². The van der Waals surface area contributed by atoms with Gasteiger partial charge in [0.25, 0.3) is 0 Å². The highest BCUT2D eigenvalue weighted by Gasteiger charge is 2.17. The molecule has 0 saturated carbocycles.